The van der Waals surface area contributed by atoms with Gasteiger partial charge in [0.2, 0.25) is 0 Å². The first kappa shape index (κ1) is 17.9. The third-order valence-electron chi connectivity index (χ3n) is 4.49. The molecule has 0 bridgehead atoms. The Morgan fingerprint density at radius 3 is 2.44 bits per heavy atom. The van der Waals surface area contributed by atoms with Crippen LogP contribution in [0.1, 0.15) is 16.7 Å². The number of aromatic hydroxyl groups is 2. The lowest BCUT2D eigenvalue weighted by Crippen LogP contribution is -2.20. The van der Waals surface area contributed by atoms with E-state index in [1.165, 1.54) is 6.07 Å². The van der Waals surface area contributed by atoms with Gasteiger partial charge in [-0.2, -0.15) is 0 Å². The van der Waals surface area contributed by atoms with E-state index in [1.807, 2.05) is 7.05 Å². The van der Waals surface area contributed by atoms with Gasteiger partial charge in [-0.3, -0.25) is 0 Å². The molecule has 0 atom stereocenters. The first-order valence-corrected chi connectivity index (χ1v) is 8.68. The molecule has 0 amide bonds. The fraction of sp³-hybridized carbons (Fsp3) is 0.333. The molecule has 3 nitrogen and oxygen atoms in total. The summed E-state index contributed by atoms with van der Waals surface area (Å²) in [6.07, 6.45) is 1.28. The van der Waals surface area contributed by atoms with E-state index in [1.54, 1.807) is 0 Å². The molecule has 0 saturated carbocycles. The predicted molar refractivity (Wildman–Crippen MR) is 89.9 cm³/mol. The van der Waals surface area contributed by atoms with Gasteiger partial charge in [0.15, 0.2) is 23.1 Å². The van der Waals surface area contributed by atoms with Gasteiger partial charge in [-0.25, -0.2) is 13.2 Å². The van der Waals surface area contributed by atoms with E-state index >= 15 is 0 Å². The van der Waals surface area contributed by atoms with Crippen molar-refractivity contribution in [1.82, 2.24) is 4.90 Å². The highest BCUT2D eigenvalue weighted by molar-refractivity contribution is 7.99. The van der Waals surface area contributed by atoms with Crippen LogP contribution in [0.5, 0.6) is 11.5 Å². The topological polar surface area (TPSA) is 43.7 Å². The molecule has 25 heavy (non-hydrogen) atoms. The number of hydrogen-bond donors (Lipinski definition) is 2. The minimum atomic E-state index is -1.22. The highest BCUT2D eigenvalue weighted by Crippen LogP contribution is 2.45. The van der Waals surface area contributed by atoms with E-state index < -0.39 is 23.0 Å². The van der Waals surface area contributed by atoms with Gasteiger partial charge >= 0.3 is 0 Å². The zero-order chi connectivity index (χ0) is 18.3. The summed E-state index contributed by atoms with van der Waals surface area (Å²) < 4.78 is 41.5. The quantitative estimate of drug-likeness (QED) is 0.620. The molecule has 7 heteroatoms. The number of phenols is 2. The molecule has 0 radical (unpaired) electrons. The van der Waals surface area contributed by atoms with E-state index in [0.29, 0.717) is 12.8 Å². The Bertz CT molecular complexity index is 842. The number of phenolic OH excluding ortho intramolecular Hbond substituents is 2. The first-order valence-electron chi connectivity index (χ1n) is 7.86. The van der Waals surface area contributed by atoms with Crippen LogP contribution < -0.4 is 0 Å². The van der Waals surface area contributed by atoms with Gasteiger partial charge in [0, 0.05) is 18.7 Å². The summed E-state index contributed by atoms with van der Waals surface area (Å²) in [5.41, 5.74) is 1.25. The molecule has 1 aliphatic rings. The molecule has 2 aromatic carbocycles. The molecule has 0 saturated heterocycles. The number of nitrogens with zero attached hydrogens (tertiary/aromatic N) is 1. The summed E-state index contributed by atoms with van der Waals surface area (Å²) in [6.45, 7) is 2.69. The van der Waals surface area contributed by atoms with E-state index in [4.69, 9.17) is 0 Å². The van der Waals surface area contributed by atoms with Crippen molar-refractivity contribution in [2.75, 3.05) is 20.1 Å². The molecular formula is C18H18F3NO2S. The van der Waals surface area contributed by atoms with Crippen molar-refractivity contribution >= 4 is 11.8 Å². The second-order valence-electron chi connectivity index (χ2n) is 6.23. The van der Waals surface area contributed by atoms with E-state index in [2.05, 4.69) is 4.90 Å². The molecular weight excluding hydrogens is 351 g/mol. The first-order chi connectivity index (χ1) is 11.8. The number of halogens is 3. The van der Waals surface area contributed by atoms with Gasteiger partial charge in [0.1, 0.15) is 5.82 Å². The maximum absolute atomic E-state index is 14.4. The fourth-order valence-corrected chi connectivity index (χ4v) is 4.13. The Balaban J connectivity index is 2.11. The molecule has 0 aliphatic carbocycles. The Morgan fingerprint density at radius 1 is 1.04 bits per heavy atom. The summed E-state index contributed by atoms with van der Waals surface area (Å²) in [7, 11) is 1.97. The standard InChI is InChI=1S/C18H18F3NO2S/c1-9-15(20)12(19)8-14(16(9)21)25-18-11-4-6-22(2)5-3-10(11)7-13(23)17(18)24/h7-8,23-24H,3-6H2,1-2H3. The van der Waals surface area contributed by atoms with Crippen LogP contribution in [0, 0.1) is 24.4 Å². The second-order valence-corrected chi connectivity index (χ2v) is 7.28. The summed E-state index contributed by atoms with van der Waals surface area (Å²) >= 11 is 0.807. The van der Waals surface area contributed by atoms with E-state index in [-0.39, 0.29) is 21.3 Å². The summed E-state index contributed by atoms with van der Waals surface area (Å²) in [4.78, 5) is 2.27. The zero-order valence-electron chi connectivity index (χ0n) is 13.9. The molecule has 0 unspecified atom stereocenters. The van der Waals surface area contributed by atoms with Crippen molar-refractivity contribution in [2.24, 2.45) is 0 Å². The molecule has 2 aromatic rings. The van der Waals surface area contributed by atoms with Crippen LogP contribution >= 0.6 is 11.8 Å². The van der Waals surface area contributed by atoms with Crippen LogP contribution in [-0.4, -0.2) is 35.3 Å². The SMILES string of the molecule is Cc1c(F)c(F)cc(Sc2c(O)c(O)cc3c2CCN(C)CC3)c1F. The predicted octanol–water partition coefficient (Wildman–Crippen LogP) is 4.01. The zero-order valence-corrected chi connectivity index (χ0v) is 14.7. The summed E-state index contributed by atoms with van der Waals surface area (Å²) in [5, 5.41) is 20.3. The fourth-order valence-electron chi connectivity index (χ4n) is 2.94. The molecule has 3 rings (SSSR count). The van der Waals surface area contributed by atoms with Crippen molar-refractivity contribution < 1.29 is 23.4 Å². The summed E-state index contributed by atoms with van der Waals surface area (Å²) in [6, 6.07) is 2.29. The maximum atomic E-state index is 14.4. The van der Waals surface area contributed by atoms with Crippen LogP contribution in [0.4, 0.5) is 13.2 Å². The Kier molecular flexibility index (Phi) is 4.88. The van der Waals surface area contributed by atoms with Gasteiger partial charge in [-0.1, -0.05) is 11.8 Å². The normalized spacial score (nSPS) is 15.1. The number of fused-ring (bicyclic) bond motifs is 1. The molecule has 1 aliphatic heterocycles. The average molecular weight is 369 g/mol. The van der Waals surface area contributed by atoms with Crippen LogP contribution in [-0.2, 0) is 12.8 Å². The smallest absolute Gasteiger partial charge is 0.171 e. The van der Waals surface area contributed by atoms with Crippen molar-refractivity contribution in [3.63, 3.8) is 0 Å². The molecule has 0 fully saturated rings. The number of hydrogen-bond acceptors (Lipinski definition) is 4. The third-order valence-corrected chi connectivity index (χ3v) is 5.65. The Labute approximate surface area is 148 Å². The van der Waals surface area contributed by atoms with Gasteiger partial charge in [-0.15, -0.1) is 0 Å². The lowest BCUT2D eigenvalue weighted by atomic mass is 10.0. The number of likely N-dealkylation sites (N-methyl/N-ethyl adjacent to an activating group) is 1. The molecule has 0 aromatic heterocycles. The van der Waals surface area contributed by atoms with Gasteiger partial charge < -0.3 is 15.1 Å². The lowest BCUT2D eigenvalue weighted by molar-refractivity contribution is 0.352. The van der Waals surface area contributed by atoms with Crippen molar-refractivity contribution in [2.45, 2.75) is 29.6 Å². The van der Waals surface area contributed by atoms with Crippen LogP contribution in [0.3, 0.4) is 0 Å². The van der Waals surface area contributed by atoms with Crippen molar-refractivity contribution in [1.29, 1.82) is 0 Å². The van der Waals surface area contributed by atoms with Gasteiger partial charge in [-0.05, 0) is 50.1 Å². The average Bonchev–Trinajstić information content (AvgIpc) is 2.76. The van der Waals surface area contributed by atoms with E-state index in [9.17, 15) is 23.4 Å². The Morgan fingerprint density at radius 2 is 1.72 bits per heavy atom. The van der Waals surface area contributed by atoms with Crippen molar-refractivity contribution in [3.05, 3.63) is 46.3 Å². The second kappa shape index (κ2) is 6.80. The lowest BCUT2D eigenvalue weighted by Gasteiger charge is -2.16. The highest BCUT2D eigenvalue weighted by Gasteiger charge is 2.24. The maximum Gasteiger partial charge on any atom is 0.171 e. The monoisotopic (exact) mass is 369 g/mol. The van der Waals surface area contributed by atoms with Crippen LogP contribution in [0.15, 0.2) is 21.9 Å². The molecule has 134 valence electrons. The molecule has 2 N–H and O–H groups in total. The Hall–Kier alpha value is -1.86. The van der Waals surface area contributed by atoms with Crippen LogP contribution in [0.2, 0.25) is 0 Å². The molecule has 0 spiro atoms. The molecule has 1 heterocycles. The van der Waals surface area contributed by atoms with Gasteiger partial charge in [0.05, 0.1) is 9.79 Å². The largest absolute Gasteiger partial charge is 0.504 e. The van der Waals surface area contributed by atoms with Crippen molar-refractivity contribution in [3.8, 4) is 11.5 Å². The van der Waals surface area contributed by atoms with Crippen LogP contribution in [0.25, 0.3) is 0 Å². The minimum Gasteiger partial charge on any atom is -0.504 e. The number of benzene rings is 2. The minimum absolute atomic E-state index is 0.128. The number of rotatable bonds is 2. The van der Waals surface area contributed by atoms with E-state index in [0.717, 1.165) is 49.0 Å². The van der Waals surface area contributed by atoms with Gasteiger partial charge in [0.25, 0.3) is 0 Å². The third kappa shape index (κ3) is 3.30. The summed E-state index contributed by atoms with van der Waals surface area (Å²) in [5.74, 6) is -3.90. The highest BCUT2D eigenvalue weighted by atomic mass is 32.2.